The Labute approximate surface area is 181 Å². The van der Waals surface area contributed by atoms with Crippen molar-refractivity contribution in [2.45, 2.75) is 32.6 Å². The number of hydrogen-bond donors (Lipinski definition) is 2. The Kier molecular flexibility index (Phi) is 16.4. The van der Waals surface area contributed by atoms with Gasteiger partial charge in [-0.05, 0) is 18.1 Å². The van der Waals surface area contributed by atoms with E-state index < -0.39 is 0 Å². The zero-order valence-electron chi connectivity index (χ0n) is 17.1. The van der Waals surface area contributed by atoms with Crippen molar-refractivity contribution in [2.24, 2.45) is 4.99 Å². The predicted molar refractivity (Wildman–Crippen MR) is 123 cm³/mol. The molecule has 0 heterocycles. The number of unbranched alkanes of at least 4 members (excludes halogenated alkanes) is 1. The molecule has 0 saturated carbocycles. The van der Waals surface area contributed by atoms with Gasteiger partial charge in [-0.25, -0.2) is 0 Å². The maximum atomic E-state index is 5.55. The van der Waals surface area contributed by atoms with Gasteiger partial charge in [-0.15, -0.1) is 24.0 Å². The summed E-state index contributed by atoms with van der Waals surface area (Å²) in [4.78, 5) is 4.25. The smallest absolute Gasteiger partial charge is 0.191 e. The molecular weight excluding hydrogens is 457 g/mol. The summed E-state index contributed by atoms with van der Waals surface area (Å²) in [5, 5.41) is 6.61. The molecule has 0 aliphatic rings. The van der Waals surface area contributed by atoms with Crippen LogP contribution in [0.15, 0.2) is 29.3 Å². The number of hydrogen-bond acceptors (Lipinski definition) is 4. The summed E-state index contributed by atoms with van der Waals surface area (Å²) in [5.74, 6) is 2.00. The molecule has 1 rings (SSSR count). The number of nitrogens with one attached hydrogen (secondary N) is 2. The van der Waals surface area contributed by atoms with Crippen molar-refractivity contribution in [1.82, 2.24) is 10.6 Å². The predicted octanol–water partition coefficient (Wildman–Crippen LogP) is 3.42. The molecule has 1 unspecified atom stereocenters. The summed E-state index contributed by atoms with van der Waals surface area (Å²) < 4.78 is 16.4. The molecule has 1 atom stereocenters. The summed E-state index contributed by atoms with van der Waals surface area (Å²) >= 11 is 0. The highest BCUT2D eigenvalue weighted by atomic mass is 127. The maximum Gasteiger partial charge on any atom is 0.191 e. The number of methoxy groups -OCH3 is 1. The maximum absolute atomic E-state index is 5.55. The van der Waals surface area contributed by atoms with Crippen molar-refractivity contribution in [2.75, 3.05) is 53.7 Å². The molecule has 0 aliphatic heterocycles. The van der Waals surface area contributed by atoms with Crippen LogP contribution in [0.1, 0.15) is 38.2 Å². The van der Waals surface area contributed by atoms with Crippen LogP contribution in [0, 0.1) is 0 Å². The number of para-hydroxylation sites is 1. The van der Waals surface area contributed by atoms with Crippen molar-refractivity contribution in [3.05, 3.63) is 29.8 Å². The number of ether oxygens (including phenoxy) is 3. The summed E-state index contributed by atoms with van der Waals surface area (Å²) in [5.41, 5.74) is 1.18. The molecule has 1 aromatic carbocycles. The van der Waals surface area contributed by atoms with Crippen LogP contribution >= 0.6 is 24.0 Å². The van der Waals surface area contributed by atoms with Gasteiger partial charge < -0.3 is 24.8 Å². The molecule has 0 spiro atoms. The van der Waals surface area contributed by atoms with Crippen molar-refractivity contribution in [3.63, 3.8) is 0 Å². The van der Waals surface area contributed by atoms with Gasteiger partial charge in [-0.3, -0.25) is 4.99 Å². The molecule has 7 heteroatoms. The van der Waals surface area contributed by atoms with Crippen molar-refractivity contribution < 1.29 is 14.2 Å². The van der Waals surface area contributed by atoms with E-state index in [1.165, 1.54) is 5.56 Å². The van der Waals surface area contributed by atoms with Crippen LogP contribution in [0.2, 0.25) is 0 Å². The summed E-state index contributed by atoms with van der Waals surface area (Å²) in [6.07, 6.45) is 2.27. The fourth-order valence-corrected chi connectivity index (χ4v) is 2.46. The quantitative estimate of drug-likeness (QED) is 0.191. The number of aliphatic imine (C=N–C) groups is 1. The highest BCUT2D eigenvalue weighted by Crippen LogP contribution is 2.25. The normalized spacial score (nSPS) is 12.2. The Morgan fingerprint density at radius 1 is 1.07 bits per heavy atom. The Bertz CT molecular complexity index is 515. The monoisotopic (exact) mass is 493 g/mol. The van der Waals surface area contributed by atoms with Gasteiger partial charge in [0.25, 0.3) is 0 Å². The summed E-state index contributed by atoms with van der Waals surface area (Å²) in [6, 6.07) is 8.10. The third kappa shape index (κ3) is 11.4. The second-order valence-corrected chi connectivity index (χ2v) is 6.10. The number of benzene rings is 1. The molecule has 0 aliphatic carbocycles. The summed E-state index contributed by atoms with van der Waals surface area (Å²) in [6.45, 7) is 8.53. The van der Waals surface area contributed by atoms with Crippen molar-refractivity contribution >= 4 is 29.9 Å². The van der Waals surface area contributed by atoms with Crippen LogP contribution < -0.4 is 15.4 Å². The van der Waals surface area contributed by atoms with Crippen LogP contribution in [-0.2, 0) is 9.47 Å². The fraction of sp³-hybridized carbons (Fsp3) is 0.650. The van der Waals surface area contributed by atoms with E-state index in [-0.39, 0.29) is 24.0 Å². The van der Waals surface area contributed by atoms with Crippen LogP contribution in [0.4, 0.5) is 0 Å². The molecule has 0 bridgehead atoms. The lowest BCUT2D eigenvalue weighted by Gasteiger charge is -2.18. The van der Waals surface area contributed by atoms with E-state index in [9.17, 15) is 0 Å². The SMILES string of the molecule is CCCCOCCOCCNC(=NC)NCC(C)c1ccccc1OC.I. The number of nitrogens with zero attached hydrogens (tertiary/aromatic N) is 1. The molecule has 0 fully saturated rings. The highest BCUT2D eigenvalue weighted by Gasteiger charge is 2.11. The van der Waals surface area contributed by atoms with Gasteiger partial charge >= 0.3 is 0 Å². The molecular formula is C20H36IN3O3. The lowest BCUT2D eigenvalue weighted by atomic mass is 10.0. The Hall–Kier alpha value is -1.06. The standard InChI is InChI=1S/C20H35N3O3.HI/c1-5-6-12-25-14-15-26-13-11-22-20(21-3)23-16-17(2)18-9-7-8-10-19(18)24-4;/h7-10,17H,5-6,11-16H2,1-4H3,(H2,21,22,23);1H. The minimum Gasteiger partial charge on any atom is -0.496 e. The van der Waals surface area contributed by atoms with Gasteiger partial charge in [0.15, 0.2) is 5.96 Å². The fourth-order valence-electron chi connectivity index (χ4n) is 2.46. The minimum atomic E-state index is 0. The van der Waals surface area contributed by atoms with Crippen molar-refractivity contribution in [3.8, 4) is 5.75 Å². The first-order valence-electron chi connectivity index (χ1n) is 9.45. The van der Waals surface area contributed by atoms with E-state index in [0.29, 0.717) is 32.3 Å². The van der Waals surface area contributed by atoms with Crippen LogP contribution in [0.5, 0.6) is 5.75 Å². The van der Waals surface area contributed by atoms with E-state index in [0.717, 1.165) is 37.7 Å². The first-order chi connectivity index (χ1) is 12.7. The van der Waals surface area contributed by atoms with Gasteiger partial charge in [0.2, 0.25) is 0 Å². The van der Waals surface area contributed by atoms with E-state index in [1.54, 1.807) is 14.2 Å². The first-order valence-corrected chi connectivity index (χ1v) is 9.45. The molecule has 2 N–H and O–H groups in total. The van der Waals surface area contributed by atoms with E-state index in [2.05, 4.69) is 35.5 Å². The molecule has 1 aromatic rings. The molecule has 6 nitrogen and oxygen atoms in total. The third-order valence-corrected chi connectivity index (χ3v) is 4.02. The third-order valence-electron chi connectivity index (χ3n) is 4.02. The van der Waals surface area contributed by atoms with Crippen LogP contribution in [-0.4, -0.2) is 59.6 Å². The number of rotatable bonds is 13. The number of halogens is 1. The first kappa shape index (κ1) is 25.9. The largest absolute Gasteiger partial charge is 0.496 e. The molecule has 156 valence electrons. The van der Waals surface area contributed by atoms with Gasteiger partial charge in [0.05, 0.1) is 26.9 Å². The van der Waals surface area contributed by atoms with Gasteiger partial charge in [-0.2, -0.15) is 0 Å². The molecule has 0 amide bonds. The second kappa shape index (κ2) is 17.1. The summed E-state index contributed by atoms with van der Waals surface area (Å²) in [7, 11) is 3.47. The lowest BCUT2D eigenvalue weighted by molar-refractivity contribution is 0.0487. The van der Waals surface area contributed by atoms with Crippen molar-refractivity contribution in [1.29, 1.82) is 0 Å². The molecule has 27 heavy (non-hydrogen) atoms. The van der Waals surface area contributed by atoms with Gasteiger partial charge in [-0.1, -0.05) is 38.5 Å². The lowest BCUT2D eigenvalue weighted by Crippen LogP contribution is -2.40. The highest BCUT2D eigenvalue weighted by molar-refractivity contribution is 14.0. The van der Waals surface area contributed by atoms with E-state index in [4.69, 9.17) is 14.2 Å². The minimum absolute atomic E-state index is 0. The Morgan fingerprint density at radius 2 is 1.78 bits per heavy atom. The van der Waals surface area contributed by atoms with E-state index in [1.807, 2.05) is 18.2 Å². The van der Waals surface area contributed by atoms with E-state index >= 15 is 0 Å². The molecule has 0 aromatic heterocycles. The van der Waals surface area contributed by atoms with Gasteiger partial charge in [0.1, 0.15) is 5.75 Å². The second-order valence-electron chi connectivity index (χ2n) is 6.10. The zero-order valence-corrected chi connectivity index (χ0v) is 19.5. The Morgan fingerprint density at radius 3 is 2.44 bits per heavy atom. The topological polar surface area (TPSA) is 64.1 Å². The van der Waals surface area contributed by atoms with Crippen LogP contribution in [0.25, 0.3) is 0 Å². The van der Waals surface area contributed by atoms with Crippen LogP contribution in [0.3, 0.4) is 0 Å². The molecule has 0 radical (unpaired) electrons. The molecule has 0 saturated heterocycles. The van der Waals surface area contributed by atoms with Gasteiger partial charge in [0, 0.05) is 32.7 Å². The zero-order chi connectivity index (χ0) is 19.0. The average molecular weight is 493 g/mol. The number of guanidine groups is 1. The average Bonchev–Trinajstić information content (AvgIpc) is 2.68. The Balaban J connectivity index is 0.00000676.